The van der Waals surface area contributed by atoms with E-state index in [-0.39, 0.29) is 0 Å². The van der Waals surface area contributed by atoms with Crippen LogP contribution in [0.25, 0.3) is 0 Å². The van der Waals surface area contributed by atoms with Gasteiger partial charge in [-0.15, -0.1) is 0 Å². The molecule has 16 heavy (non-hydrogen) atoms. The van der Waals surface area contributed by atoms with Crippen molar-refractivity contribution < 1.29 is 34.5 Å². The highest BCUT2D eigenvalue weighted by Crippen LogP contribution is 2.13. The Morgan fingerprint density at radius 3 is 1.88 bits per heavy atom. The molecular formula is C7H10NO7P. The van der Waals surface area contributed by atoms with Gasteiger partial charge in [-0.05, 0) is 9.39 Å². The summed E-state index contributed by atoms with van der Waals surface area (Å²) in [7, 11) is 1.71. The number of nitrogens with zero attached hydrogens (tertiary/aromatic N) is 1. The van der Waals surface area contributed by atoms with Crippen molar-refractivity contribution in [1.29, 1.82) is 0 Å². The Bertz CT molecular complexity index is 329. The maximum absolute atomic E-state index is 11.1. The first-order chi connectivity index (χ1) is 7.25. The van der Waals surface area contributed by atoms with Crippen LogP contribution in [0.5, 0.6) is 0 Å². The molecule has 0 saturated carbocycles. The van der Waals surface area contributed by atoms with Gasteiger partial charge in [0, 0.05) is 0 Å². The van der Waals surface area contributed by atoms with Gasteiger partial charge in [0.05, 0.1) is 6.42 Å². The van der Waals surface area contributed by atoms with Crippen LogP contribution in [0, 0.1) is 0 Å². The van der Waals surface area contributed by atoms with Crippen molar-refractivity contribution in [2.45, 2.75) is 18.9 Å². The molecule has 0 aromatic rings. The number of carboxylic acids is 3. The van der Waals surface area contributed by atoms with Crippen molar-refractivity contribution in [3.63, 3.8) is 0 Å². The fraction of sp³-hybridized carbons (Fsp3) is 0.429. The van der Waals surface area contributed by atoms with Gasteiger partial charge in [0.25, 0.3) is 0 Å². The second-order valence-electron chi connectivity index (χ2n) is 2.82. The van der Waals surface area contributed by atoms with Crippen molar-refractivity contribution in [3.05, 3.63) is 0 Å². The van der Waals surface area contributed by atoms with Crippen LogP contribution in [0.3, 0.4) is 0 Å². The second kappa shape index (κ2) is 6.02. The van der Waals surface area contributed by atoms with Gasteiger partial charge in [-0.1, -0.05) is 0 Å². The number of aliphatic carboxylic acids is 3. The minimum Gasteiger partial charge on any atom is -0.481 e. The van der Waals surface area contributed by atoms with Gasteiger partial charge in [0.2, 0.25) is 5.91 Å². The van der Waals surface area contributed by atoms with Gasteiger partial charge < -0.3 is 20.0 Å². The van der Waals surface area contributed by atoms with E-state index in [1.807, 2.05) is 0 Å². The third-order valence-corrected chi connectivity index (χ3v) is 2.23. The molecule has 9 heteroatoms. The zero-order valence-corrected chi connectivity index (χ0v) is 9.15. The molecule has 0 spiro atoms. The smallest absolute Gasteiger partial charge is 0.327 e. The van der Waals surface area contributed by atoms with Crippen molar-refractivity contribution in [2.24, 2.45) is 0 Å². The third kappa shape index (κ3) is 4.70. The van der Waals surface area contributed by atoms with Crippen molar-refractivity contribution in [3.8, 4) is 0 Å². The fourth-order valence-corrected chi connectivity index (χ4v) is 1.19. The predicted octanol–water partition coefficient (Wildman–Crippen LogP) is -0.992. The summed E-state index contributed by atoms with van der Waals surface area (Å²) in [6, 6.07) is -1.60. The first kappa shape index (κ1) is 14.3. The Hall–Kier alpha value is -1.69. The van der Waals surface area contributed by atoms with E-state index in [0.717, 1.165) is 0 Å². The van der Waals surface area contributed by atoms with Gasteiger partial charge in [-0.25, -0.2) is 4.79 Å². The monoisotopic (exact) mass is 251 g/mol. The molecule has 3 N–H and O–H groups in total. The molecule has 0 aromatic carbocycles. The number of hydrogen-bond donors (Lipinski definition) is 3. The van der Waals surface area contributed by atoms with Gasteiger partial charge in [-0.2, -0.15) is 0 Å². The van der Waals surface area contributed by atoms with Crippen LogP contribution in [-0.2, 0) is 19.2 Å². The van der Waals surface area contributed by atoms with E-state index in [0.29, 0.717) is 4.67 Å². The Kier molecular flexibility index (Phi) is 5.38. The lowest BCUT2D eigenvalue weighted by molar-refractivity contribution is -0.152. The van der Waals surface area contributed by atoms with E-state index < -0.39 is 42.7 Å². The summed E-state index contributed by atoms with van der Waals surface area (Å²) in [4.78, 5) is 42.3. The summed E-state index contributed by atoms with van der Waals surface area (Å²) < 4.78 is 0.518. The SMILES string of the molecule is O=C(O)CC(=O)N(P)[C@@H](CC(=O)O)C(=O)O. The summed E-state index contributed by atoms with van der Waals surface area (Å²) in [5, 5.41) is 25.4. The lowest BCUT2D eigenvalue weighted by Gasteiger charge is -2.22. The van der Waals surface area contributed by atoms with Crippen LogP contribution >= 0.6 is 9.39 Å². The fourth-order valence-electron chi connectivity index (χ4n) is 0.865. The summed E-state index contributed by atoms with van der Waals surface area (Å²) in [6.45, 7) is 0. The van der Waals surface area contributed by atoms with Gasteiger partial charge >= 0.3 is 17.9 Å². The molecule has 0 radical (unpaired) electrons. The predicted molar refractivity (Wildman–Crippen MR) is 52.5 cm³/mol. The maximum Gasteiger partial charge on any atom is 0.327 e. The molecular weight excluding hydrogens is 241 g/mol. The first-order valence-electron chi connectivity index (χ1n) is 3.98. The van der Waals surface area contributed by atoms with E-state index in [1.165, 1.54) is 0 Å². The number of rotatable bonds is 6. The van der Waals surface area contributed by atoms with Gasteiger partial charge in [0.1, 0.15) is 12.5 Å². The highest BCUT2D eigenvalue weighted by atomic mass is 31.0. The van der Waals surface area contributed by atoms with Crippen molar-refractivity contribution in [2.75, 3.05) is 0 Å². The number of carbonyl (C=O) groups excluding carboxylic acids is 1. The lowest BCUT2D eigenvalue weighted by atomic mass is 10.2. The molecule has 0 bridgehead atoms. The Morgan fingerprint density at radius 1 is 1.06 bits per heavy atom. The number of amides is 1. The van der Waals surface area contributed by atoms with E-state index in [1.54, 1.807) is 9.39 Å². The molecule has 1 unspecified atom stereocenters. The molecule has 0 aliphatic rings. The molecule has 0 rings (SSSR count). The Balaban J connectivity index is 4.66. The highest BCUT2D eigenvalue weighted by Gasteiger charge is 2.29. The van der Waals surface area contributed by atoms with Crippen LogP contribution in [0.4, 0.5) is 0 Å². The van der Waals surface area contributed by atoms with E-state index in [4.69, 9.17) is 15.3 Å². The third-order valence-electron chi connectivity index (χ3n) is 1.58. The molecule has 0 aromatic heterocycles. The average molecular weight is 251 g/mol. The van der Waals surface area contributed by atoms with Crippen LogP contribution in [0.15, 0.2) is 0 Å². The number of hydrogen-bond acceptors (Lipinski definition) is 4. The van der Waals surface area contributed by atoms with E-state index in [9.17, 15) is 19.2 Å². The summed E-state index contributed by atoms with van der Waals surface area (Å²) in [6.07, 6.45) is -1.70. The van der Waals surface area contributed by atoms with Crippen LogP contribution in [0.1, 0.15) is 12.8 Å². The lowest BCUT2D eigenvalue weighted by Crippen LogP contribution is -2.40. The summed E-state index contributed by atoms with van der Waals surface area (Å²) >= 11 is 0. The van der Waals surface area contributed by atoms with E-state index >= 15 is 0 Å². The van der Waals surface area contributed by atoms with Gasteiger partial charge in [-0.3, -0.25) is 14.4 Å². The zero-order chi connectivity index (χ0) is 12.9. The largest absolute Gasteiger partial charge is 0.481 e. The Labute approximate surface area is 92.1 Å². The molecule has 8 nitrogen and oxygen atoms in total. The van der Waals surface area contributed by atoms with Crippen LogP contribution in [0.2, 0.25) is 0 Å². The number of carboxylic acid groups (broad SMARTS) is 3. The Morgan fingerprint density at radius 2 is 1.56 bits per heavy atom. The van der Waals surface area contributed by atoms with Crippen molar-refractivity contribution in [1.82, 2.24) is 4.67 Å². The molecule has 0 heterocycles. The summed E-state index contributed by atoms with van der Waals surface area (Å²) in [5.41, 5.74) is 0. The molecule has 2 atom stereocenters. The van der Waals surface area contributed by atoms with Crippen molar-refractivity contribution >= 4 is 33.2 Å². The highest BCUT2D eigenvalue weighted by molar-refractivity contribution is 7.14. The first-order valence-corrected chi connectivity index (χ1v) is 4.50. The van der Waals surface area contributed by atoms with E-state index in [2.05, 4.69) is 0 Å². The molecule has 0 fully saturated rings. The number of carbonyl (C=O) groups is 4. The topological polar surface area (TPSA) is 132 Å². The molecule has 0 saturated heterocycles. The minimum absolute atomic E-state index is 0.518. The maximum atomic E-state index is 11.1. The van der Waals surface area contributed by atoms with Gasteiger partial charge in [0.15, 0.2) is 0 Å². The minimum atomic E-state index is -1.60. The van der Waals surface area contributed by atoms with Crippen LogP contribution < -0.4 is 0 Å². The summed E-state index contributed by atoms with van der Waals surface area (Å²) in [5.74, 6) is -5.33. The molecule has 0 aliphatic heterocycles. The van der Waals surface area contributed by atoms with Crippen LogP contribution in [-0.4, -0.2) is 49.8 Å². The second-order valence-corrected chi connectivity index (χ2v) is 3.38. The quantitative estimate of drug-likeness (QED) is 0.407. The average Bonchev–Trinajstić information content (AvgIpc) is 2.11. The molecule has 0 aliphatic carbocycles. The normalized spacial score (nSPS) is 11.6. The molecule has 1 amide bonds. The molecule has 90 valence electrons. The zero-order valence-electron chi connectivity index (χ0n) is 7.99. The standard InChI is InChI=1S/C7H10NO7P/c9-4(2-6(12)13)8(16)3(7(14)15)1-5(10)11/h3H,1-2,16H2,(H,10,11)(H,12,13)(H,14,15)/t3-/m0/s1.